The summed E-state index contributed by atoms with van der Waals surface area (Å²) in [6.07, 6.45) is 2.69. The maximum absolute atomic E-state index is 12.8. The van der Waals surface area contributed by atoms with E-state index in [9.17, 15) is 9.59 Å². The molecular weight excluding hydrogens is 306 g/mol. The summed E-state index contributed by atoms with van der Waals surface area (Å²) in [5.74, 6) is 0.169. The maximum Gasteiger partial charge on any atom is 0.410 e. The minimum atomic E-state index is -0.552. The molecule has 0 unspecified atom stereocenters. The molecule has 0 radical (unpaired) electrons. The molecule has 1 aromatic heterocycles. The van der Waals surface area contributed by atoms with Gasteiger partial charge >= 0.3 is 6.09 Å². The Hall–Kier alpha value is -2.11. The molecule has 2 aliphatic rings. The van der Waals surface area contributed by atoms with Gasteiger partial charge in [-0.15, -0.1) is 0 Å². The van der Waals surface area contributed by atoms with Crippen molar-refractivity contribution in [2.24, 2.45) is 0 Å². The number of hydrogen-bond donors (Lipinski definition) is 0. The highest BCUT2D eigenvalue weighted by Gasteiger charge is 2.46. The first kappa shape index (κ1) is 16.7. The van der Waals surface area contributed by atoms with Crippen LogP contribution in [-0.4, -0.2) is 51.5 Å². The number of aryl methyl sites for hydroxylation is 1. The lowest BCUT2D eigenvalue weighted by molar-refractivity contribution is -0.132. The van der Waals surface area contributed by atoms with Gasteiger partial charge in [0.05, 0.1) is 17.8 Å². The highest BCUT2D eigenvalue weighted by Crippen LogP contribution is 2.38. The van der Waals surface area contributed by atoms with E-state index in [1.54, 1.807) is 11.1 Å². The Balaban J connectivity index is 1.97. The molecule has 130 valence electrons. The molecule has 0 saturated carbocycles. The number of amides is 2. The average Bonchev–Trinajstić information content (AvgIpc) is 2.87. The summed E-state index contributed by atoms with van der Waals surface area (Å²) in [5, 5.41) is 0. The molecule has 2 aliphatic heterocycles. The average molecular weight is 331 g/mol. The van der Waals surface area contributed by atoms with Gasteiger partial charge in [0.25, 0.3) is 0 Å². The fraction of sp³-hybridized carbons (Fsp3) is 0.611. The summed E-state index contributed by atoms with van der Waals surface area (Å²) in [6, 6.07) is 3.61. The first-order valence-electron chi connectivity index (χ1n) is 8.48. The fourth-order valence-electron chi connectivity index (χ4n) is 3.60. The number of carbonyl (C=O) groups is 2. The Morgan fingerprint density at radius 2 is 2.08 bits per heavy atom. The van der Waals surface area contributed by atoms with Gasteiger partial charge in [0.15, 0.2) is 0 Å². The third-order valence-electron chi connectivity index (χ3n) is 4.61. The van der Waals surface area contributed by atoms with Crippen molar-refractivity contribution in [3.8, 4) is 0 Å². The molecular formula is C18H25N3O3. The van der Waals surface area contributed by atoms with Gasteiger partial charge in [0.2, 0.25) is 5.91 Å². The van der Waals surface area contributed by atoms with E-state index in [0.717, 1.165) is 17.7 Å². The van der Waals surface area contributed by atoms with Crippen molar-refractivity contribution in [1.82, 2.24) is 14.8 Å². The largest absolute Gasteiger partial charge is 0.444 e. The Morgan fingerprint density at radius 1 is 1.33 bits per heavy atom. The molecule has 0 aromatic carbocycles. The highest BCUT2D eigenvalue weighted by atomic mass is 16.6. The summed E-state index contributed by atoms with van der Waals surface area (Å²) < 4.78 is 5.60. The van der Waals surface area contributed by atoms with Crippen LogP contribution in [0, 0.1) is 6.92 Å². The van der Waals surface area contributed by atoms with Crippen molar-refractivity contribution in [3.05, 3.63) is 29.6 Å². The van der Waals surface area contributed by atoms with E-state index in [4.69, 9.17) is 4.74 Å². The molecule has 6 heteroatoms. The van der Waals surface area contributed by atoms with Crippen molar-refractivity contribution >= 4 is 12.0 Å². The smallest absolute Gasteiger partial charge is 0.410 e. The van der Waals surface area contributed by atoms with Crippen LogP contribution >= 0.6 is 0 Å². The summed E-state index contributed by atoms with van der Waals surface area (Å²) in [7, 11) is 0. The van der Waals surface area contributed by atoms with E-state index in [-0.39, 0.29) is 24.1 Å². The molecule has 2 saturated heterocycles. The van der Waals surface area contributed by atoms with E-state index in [1.807, 2.05) is 44.7 Å². The van der Waals surface area contributed by atoms with Crippen LogP contribution in [0.5, 0.6) is 0 Å². The first-order chi connectivity index (χ1) is 11.3. The van der Waals surface area contributed by atoms with Gasteiger partial charge in [-0.05, 0) is 45.7 Å². The lowest BCUT2D eigenvalue weighted by Gasteiger charge is -2.44. The third-order valence-corrected chi connectivity index (χ3v) is 4.61. The van der Waals surface area contributed by atoms with Crippen molar-refractivity contribution in [1.29, 1.82) is 0 Å². The number of ether oxygens (including phenoxy) is 1. The molecule has 24 heavy (non-hydrogen) atoms. The minimum Gasteiger partial charge on any atom is -0.444 e. The maximum atomic E-state index is 12.8. The zero-order valence-electron chi connectivity index (χ0n) is 14.8. The van der Waals surface area contributed by atoms with Gasteiger partial charge in [0.1, 0.15) is 5.60 Å². The van der Waals surface area contributed by atoms with E-state index in [2.05, 4.69) is 4.98 Å². The van der Waals surface area contributed by atoms with Crippen LogP contribution in [-0.2, 0) is 9.53 Å². The Bertz CT molecular complexity index is 653. The molecule has 2 atom stereocenters. The molecule has 0 spiro atoms. The zero-order valence-corrected chi connectivity index (χ0v) is 14.8. The predicted octanol–water partition coefficient (Wildman–Crippen LogP) is 2.67. The van der Waals surface area contributed by atoms with Gasteiger partial charge in [-0.25, -0.2) is 4.79 Å². The van der Waals surface area contributed by atoms with E-state index in [1.165, 1.54) is 0 Å². The highest BCUT2D eigenvalue weighted by molar-refractivity contribution is 5.80. The van der Waals surface area contributed by atoms with Crippen LogP contribution in [0.25, 0.3) is 0 Å². The number of piperazine rings is 1. The lowest BCUT2D eigenvalue weighted by Crippen LogP contribution is -2.56. The number of hydrogen-bond acceptors (Lipinski definition) is 4. The zero-order chi connectivity index (χ0) is 17.5. The van der Waals surface area contributed by atoms with Crippen LogP contribution in [0.4, 0.5) is 4.79 Å². The standard InChI is InChI=1S/C18H25N3O3/c1-12-6-5-9-19-15(12)16-13-7-8-14(22)20(13)10-11-21(16)17(23)24-18(2,3)4/h5-6,9,13,16H,7-8,10-11H2,1-4H3/t13-,16-/m0/s1. The van der Waals surface area contributed by atoms with Crippen molar-refractivity contribution < 1.29 is 14.3 Å². The van der Waals surface area contributed by atoms with Gasteiger partial charge in [-0.3, -0.25) is 14.7 Å². The van der Waals surface area contributed by atoms with Crippen molar-refractivity contribution in [2.45, 2.75) is 58.2 Å². The molecule has 6 nitrogen and oxygen atoms in total. The van der Waals surface area contributed by atoms with Gasteiger partial charge in [0, 0.05) is 25.7 Å². The lowest BCUT2D eigenvalue weighted by atomic mass is 9.95. The number of rotatable bonds is 1. The van der Waals surface area contributed by atoms with Crippen molar-refractivity contribution in [2.75, 3.05) is 13.1 Å². The Morgan fingerprint density at radius 3 is 2.75 bits per heavy atom. The number of nitrogens with zero attached hydrogens (tertiary/aromatic N) is 3. The van der Waals surface area contributed by atoms with E-state index >= 15 is 0 Å². The summed E-state index contributed by atoms with van der Waals surface area (Å²) in [5.41, 5.74) is 1.33. The predicted molar refractivity (Wildman–Crippen MR) is 89.4 cm³/mol. The molecule has 0 aliphatic carbocycles. The van der Waals surface area contributed by atoms with Gasteiger partial charge in [-0.2, -0.15) is 0 Å². The van der Waals surface area contributed by atoms with Crippen molar-refractivity contribution in [3.63, 3.8) is 0 Å². The second kappa shape index (κ2) is 6.07. The molecule has 3 rings (SSSR count). The quantitative estimate of drug-likeness (QED) is 0.794. The summed E-state index contributed by atoms with van der Waals surface area (Å²) in [6.45, 7) is 8.61. The van der Waals surface area contributed by atoms with E-state index < -0.39 is 5.60 Å². The molecule has 1 aromatic rings. The topological polar surface area (TPSA) is 62.7 Å². The molecule has 2 amide bonds. The van der Waals surface area contributed by atoms with Crippen LogP contribution < -0.4 is 0 Å². The number of pyridine rings is 1. The molecule has 3 heterocycles. The Labute approximate surface area is 142 Å². The molecule has 2 fully saturated rings. The van der Waals surface area contributed by atoms with Gasteiger partial charge in [-0.1, -0.05) is 6.07 Å². The van der Waals surface area contributed by atoms with E-state index in [0.29, 0.717) is 19.5 Å². The van der Waals surface area contributed by atoms with Crippen LogP contribution in [0.1, 0.15) is 50.9 Å². The summed E-state index contributed by atoms with van der Waals surface area (Å²) >= 11 is 0. The fourth-order valence-corrected chi connectivity index (χ4v) is 3.60. The normalized spacial score (nSPS) is 24.1. The molecule has 0 N–H and O–H groups in total. The SMILES string of the molecule is Cc1cccnc1[C@@H]1[C@@H]2CCC(=O)N2CCN1C(=O)OC(C)(C)C. The monoisotopic (exact) mass is 331 g/mol. The number of carbonyl (C=O) groups excluding carboxylic acids is 2. The second-order valence-electron chi connectivity index (χ2n) is 7.52. The number of aromatic nitrogens is 1. The minimum absolute atomic E-state index is 0.0210. The molecule has 0 bridgehead atoms. The number of fused-ring (bicyclic) bond motifs is 1. The Kier molecular flexibility index (Phi) is 4.24. The first-order valence-corrected chi connectivity index (χ1v) is 8.48. The van der Waals surface area contributed by atoms with Crippen LogP contribution in [0.3, 0.4) is 0 Å². The third kappa shape index (κ3) is 3.09. The van der Waals surface area contributed by atoms with Gasteiger partial charge < -0.3 is 9.64 Å². The second-order valence-corrected chi connectivity index (χ2v) is 7.52. The van der Waals surface area contributed by atoms with Crippen LogP contribution in [0.2, 0.25) is 0 Å². The van der Waals surface area contributed by atoms with Crippen LogP contribution in [0.15, 0.2) is 18.3 Å². The summed E-state index contributed by atoms with van der Waals surface area (Å²) in [4.78, 5) is 33.1.